The Morgan fingerprint density at radius 1 is 1.29 bits per heavy atom. The summed E-state index contributed by atoms with van der Waals surface area (Å²) < 4.78 is 0. The maximum atomic E-state index is 6.04. The SMILES string of the molecule is Clc1ccc(Cl)c(CNC2CCC2)c1. The molecule has 0 amide bonds. The topological polar surface area (TPSA) is 12.0 Å². The summed E-state index contributed by atoms with van der Waals surface area (Å²) in [6.45, 7) is 0.823. The van der Waals surface area contributed by atoms with E-state index in [1.807, 2.05) is 18.2 Å². The molecule has 0 saturated heterocycles. The lowest BCUT2D eigenvalue weighted by atomic mass is 9.93. The van der Waals surface area contributed by atoms with Crippen LogP contribution in [0.15, 0.2) is 18.2 Å². The molecule has 76 valence electrons. The fraction of sp³-hybridized carbons (Fsp3) is 0.455. The minimum absolute atomic E-state index is 0.685. The van der Waals surface area contributed by atoms with E-state index in [2.05, 4.69) is 5.32 Å². The number of hydrogen-bond acceptors (Lipinski definition) is 1. The fourth-order valence-electron chi connectivity index (χ4n) is 1.55. The molecule has 1 aromatic rings. The Hall–Kier alpha value is -0.240. The second-order valence-corrected chi connectivity index (χ2v) is 4.59. The van der Waals surface area contributed by atoms with Gasteiger partial charge in [-0.15, -0.1) is 0 Å². The van der Waals surface area contributed by atoms with E-state index in [1.165, 1.54) is 19.3 Å². The van der Waals surface area contributed by atoms with Crippen molar-refractivity contribution in [1.29, 1.82) is 0 Å². The zero-order valence-corrected chi connectivity index (χ0v) is 9.41. The molecular formula is C11H13Cl2N. The molecule has 0 heterocycles. The van der Waals surface area contributed by atoms with Crippen LogP contribution in [0.4, 0.5) is 0 Å². The van der Waals surface area contributed by atoms with Crippen molar-refractivity contribution >= 4 is 23.2 Å². The normalized spacial score (nSPS) is 16.7. The van der Waals surface area contributed by atoms with Gasteiger partial charge in [0.1, 0.15) is 0 Å². The average Bonchev–Trinajstić information content (AvgIpc) is 2.08. The molecule has 1 nitrogen and oxygen atoms in total. The molecule has 1 fully saturated rings. The van der Waals surface area contributed by atoms with Gasteiger partial charge < -0.3 is 5.32 Å². The van der Waals surface area contributed by atoms with E-state index >= 15 is 0 Å². The van der Waals surface area contributed by atoms with Gasteiger partial charge in [0.2, 0.25) is 0 Å². The van der Waals surface area contributed by atoms with E-state index in [1.54, 1.807) is 0 Å². The van der Waals surface area contributed by atoms with Crippen molar-refractivity contribution in [1.82, 2.24) is 5.32 Å². The van der Waals surface area contributed by atoms with Crippen LogP contribution in [-0.2, 0) is 6.54 Å². The third kappa shape index (κ3) is 2.41. The average molecular weight is 230 g/mol. The molecule has 1 aliphatic carbocycles. The highest BCUT2D eigenvalue weighted by Crippen LogP contribution is 2.22. The first-order valence-corrected chi connectivity index (χ1v) is 5.68. The number of hydrogen-bond donors (Lipinski definition) is 1. The largest absolute Gasteiger partial charge is 0.310 e. The predicted molar refractivity (Wildman–Crippen MR) is 60.9 cm³/mol. The van der Waals surface area contributed by atoms with Crippen LogP contribution in [0.2, 0.25) is 10.0 Å². The summed E-state index contributed by atoms with van der Waals surface area (Å²) in [7, 11) is 0. The minimum atomic E-state index is 0.685. The van der Waals surface area contributed by atoms with Gasteiger partial charge >= 0.3 is 0 Å². The molecule has 0 bridgehead atoms. The van der Waals surface area contributed by atoms with E-state index in [9.17, 15) is 0 Å². The Morgan fingerprint density at radius 2 is 2.07 bits per heavy atom. The maximum absolute atomic E-state index is 6.04. The molecule has 2 rings (SSSR count). The van der Waals surface area contributed by atoms with Crippen molar-refractivity contribution in [2.75, 3.05) is 0 Å². The van der Waals surface area contributed by atoms with E-state index in [0.717, 1.165) is 22.2 Å². The van der Waals surface area contributed by atoms with E-state index in [0.29, 0.717) is 6.04 Å². The molecule has 1 aromatic carbocycles. The van der Waals surface area contributed by atoms with Crippen LogP contribution in [0, 0.1) is 0 Å². The molecular weight excluding hydrogens is 217 g/mol. The summed E-state index contributed by atoms with van der Waals surface area (Å²) in [5, 5.41) is 5.00. The molecule has 0 unspecified atom stereocenters. The lowest BCUT2D eigenvalue weighted by Gasteiger charge is -2.26. The Morgan fingerprint density at radius 3 is 2.71 bits per heavy atom. The minimum Gasteiger partial charge on any atom is -0.310 e. The van der Waals surface area contributed by atoms with Gasteiger partial charge in [-0.05, 0) is 36.6 Å². The van der Waals surface area contributed by atoms with Crippen molar-refractivity contribution in [3.05, 3.63) is 33.8 Å². The van der Waals surface area contributed by atoms with E-state index in [-0.39, 0.29) is 0 Å². The van der Waals surface area contributed by atoms with Crippen molar-refractivity contribution in [2.45, 2.75) is 31.8 Å². The van der Waals surface area contributed by atoms with Gasteiger partial charge in [-0.1, -0.05) is 29.6 Å². The molecule has 3 heteroatoms. The highest BCUT2D eigenvalue weighted by Gasteiger charge is 2.16. The van der Waals surface area contributed by atoms with Crippen LogP contribution >= 0.6 is 23.2 Å². The first-order valence-electron chi connectivity index (χ1n) is 4.93. The number of nitrogens with one attached hydrogen (secondary N) is 1. The van der Waals surface area contributed by atoms with Gasteiger partial charge in [-0.2, -0.15) is 0 Å². The molecule has 0 aliphatic heterocycles. The fourth-order valence-corrected chi connectivity index (χ4v) is 1.92. The maximum Gasteiger partial charge on any atom is 0.0451 e. The van der Waals surface area contributed by atoms with Crippen molar-refractivity contribution in [2.24, 2.45) is 0 Å². The van der Waals surface area contributed by atoms with Gasteiger partial charge in [0, 0.05) is 22.6 Å². The highest BCUT2D eigenvalue weighted by atomic mass is 35.5. The Kier molecular flexibility index (Phi) is 3.32. The van der Waals surface area contributed by atoms with Crippen molar-refractivity contribution in [3.63, 3.8) is 0 Å². The monoisotopic (exact) mass is 229 g/mol. The summed E-state index contributed by atoms with van der Waals surface area (Å²) in [5.41, 5.74) is 1.09. The first-order chi connectivity index (χ1) is 6.75. The van der Waals surface area contributed by atoms with Gasteiger partial charge in [0.15, 0.2) is 0 Å². The predicted octanol–water partition coefficient (Wildman–Crippen LogP) is 3.64. The molecule has 0 atom stereocenters. The molecule has 0 aromatic heterocycles. The van der Waals surface area contributed by atoms with Gasteiger partial charge in [0.25, 0.3) is 0 Å². The van der Waals surface area contributed by atoms with Gasteiger partial charge in [-0.25, -0.2) is 0 Å². The van der Waals surface area contributed by atoms with Crippen molar-refractivity contribution in [3.8, 4) is 0 Å². The number of benzene rings is 1. The molecule has 1 N–H and O–H groups in total. The van der Waals surface area contributed by atoms with Crippen LogP contribution in [0.1, 0.15) is 24.8 Å². The quantitative estimate of drug-likeness (QED) is 0.835. The van der Waals surface area contributed by atoms with Gasteiger partial charge in [-0.3, -0.25) is 0 Å². The molecule has 1 saturated carbocycles. The van der Waals surface area contributed by atoms with E-state index < -0.39 is 0 Å². The molecule has 0 spiro atoms. The Bertz CT molecular complexity index is 321. The molecule has 1 aliphatic rings. The summed E-state index contributed by atoms with van der Waals surface area (Å²) in [5.74, 6) is 0. The summed E-state index contributed by atoms with van der Waals surface area (Å²) >= 11 is 11.9. The second kappa shape index (κ2) is 4.52. The highest BCUT2D eigenvalue weighted by molar-refractivity contribution is 6.33. The molecule has 14 heavy (non-hydrogen) atoms. The van der Waals surface area contributed by atoms with Crippen molar-refractivity contribution < 1.29 is 0 Å². The van der Waals surface area contributed by atoms with E-state index in [4.69, 9.17) is 23.2 Å². The summed E-state index contributed by atoms with van der Waals surface area (Å²) in [6, 6.07) is 6.28. The number of rotatable bonds is 3. The second-order valence-electron chi connectivity index (χ2n) is 3.74. The zero-order chi connectivity index (χ0) is 9.97. The van der Waals surface area contributed by atoms with Crippen LogP contribution in [-0.4, -0.2) is 6.04 Å². The summed E-state index contributed by atoms with van der Waals surface area (Å²) in [4.78, 5) is 0. The third-order valence-electron chi connectivity index (χ3n) is 2.69. The smallest absolute Gasteiger partial charge is 0.0451 e. The first kappa shape index (κ1) is 10.3. The lowest BCUT2D eigenvalue weighted by Crippen LogP contribution is -2.34. The van der Waals surface area contributed by atoms with Crippen LogP contribution < -0.4 is 5.32 Å². The summed E-state index contributed by atoms with van der Waals surface area (Å²) in [6.07, 6.45) is 3.93. The lowest BCUT2D eigenvalue weighted by molar-refractivity contribution is 0.338. The Labute approximate surface area is 94.4 Å². The molecule has 0 radical (unpaired) electrons. The van der Waals surface area contributed by atoms with Crippen LogP contribution in [0.3, 0.4) is 0 Å². The van der Waals surface area contributed by atoms with Crippen LogP contribution in [0.5, 0.6) is 0 Å². The van der Waals surface area contributed by atoms with Crippen LogP contribution in [0.25, 0.3) is 0 Å². The third-order valence-corrected chi connectivity index (χ3v) is 3.30. The standard InChI is InChI=1S/C11H13Cl2N/c12-9-4-5-11(13)8(6-9)7-14-10-2-1-3-10/h4-6,10,14H,1-3,7H2. The van der Waals surface area contributed by atoms with Gasteiger partial charge in [0.05, 0.1) is 0 Å². The zero-order valence-electron chi connectivity index (χ0n) is 7.89. The number of halogens is 2. The Balaban J connectivity index is 1.96.